The number of hydrogen-bond acceptors (Lipinski definition) is 4. The van der Waals surface area contributed by atoms with Gasteiger partial charge in [0.1, 0.15) is 6.54 Å². The Labute approximate surface area is 159 Å². The minimum Gasteiger partial charge on any atom is -0.454 e. The molecule has 6 nitrogen and oxygen atoms in total. The Morgan fingerprint density at radius 2 is 1.76 bits per heavy atom. The predicted octanol–water partition coefficient (Wildman–Crippen LogP) is 2.12. The molecule has 1 aromatic heterocycles. The first kappa shape index (κ1) is 20.7. The van der Waals surface area contributed by atoms with Crippen LogP contribution in [-0.4, -0.2) is 35.7 Å². The van der Waals surface area contributed by atoms with Crippen LogP contribution in [0.5, 0.6) is 11.5 Å². The molecule has 0 bridgehead atoms. The number of carbonyl (C=O) groups is 1. The molecule has 0 atom stereocenters. The lowest BCUT2D eigenvalue weighted by molar-refractivity contribution is -0.796. The summed E-state index contributed by atoms with van der Waals surface area (Å²) in [5.74, 6) is -1.02. The predicted molar refractivity (Wildman–Crippen MR) is 84.7 cm³/mol. The van der Waals surface area contributed by atoms with Crippen LogP contribution >= 0.6 is 0 Å². The summed E-state index contributed by atoms with van der Waals surface area (Å²) >= 11 is 0. The lowest BCUT2D eigenvalue weighted by Gasteiger charge is -2.35. The Bertz CT molecular complexity index is 872. The van der Waals surface area contributed by atoms with E-state index in [4.69, 9.17) is 9.47 Å². The van der Waals surface area contributed by atoms with Crippen molar-refractivity contribution in [2.75, 3.05) is 6.79 Å². The van der Waals surface area contributed by atoms with E-state index in [0.717, 1.165) is 17.6 Å². The van der Waals surface area contributed by atoms with Crippen LogP contribution in [0.25, 0.3) is 0 Å². The molecule has 0 spiro atoms. The molecular weight excluding hydrogens is 408 g/mol. The molecule has 0 saturated heterocycles. The standard InChI is InChI=1S/C17H13F6N3O3/c18-16(19,20)15(17(21,22)23,26-14(27)11-2-1-5-24-8-11)25-7-10-3-4-12-13(6-10)29-9-28-12/h1-6,8,25H,7,9H2,(H,26,27)/p+1. The van der Waals surface area contributed by atoms with Crippen LogP contribution < -0.4 is 20.1 Å². The van der Waals surface area contributed by atoms with Gasteiger partial charge in [-0.25, -0.2) is 0 Å². The average Bonchev–Trinajstić information content (AvgIpc) is 3.11. The van der Waals surface area contributed by atoms with E-state index < -0.39 is 36.0 Å². The highest BCUT2D eigenvalue weighted by Crippen LogP contribution is 2.39. The zero-order valence-electron chi connectivity index (χ0n) is 14.5. The van der Waals surface area contributed by atoms with E-state index in [1.165, 1.54) is 30.5 Å². The average molecular weight is 422 g/mol. The van der Waals surface area contributed by atoms with Crippen LogP contribution in [0.1, 0.15) is 15.9 Å². The number of nitrogens with zero attached hydrogens (tertiary/aromatic N) is 1. The third kappa shape index (κ3) is 4.06. The molecule has 2 heterocycles. The number of benzene rings is 1. The lowest BCUT2D eigenvalue weighted by atomic mass is 10.1. The van der Waals surface area contributed by atoms with E-state index in [1.54, 1.807) is 0 Å². The molecule has 3 rings (SSSR count). The van der Waals surface area contributed by atoms with E-state index in [0.29, 0.717) is 5.75 Å². The molecule has 0 fully saturated rings. The van der Waals surface area contributed by atoms with Crippen molar-refractivity contribution in [1.82, 2.24) is 10.3 Å². The fourth-order valence-electron chi connectivity index (χ4n) is 2.67. The number of nitrogens with two attached hydrogens (primary N) is 1. The first-order valence-electron chi connectivity index (χ1n) is 8.12. The second-order valence-electron chi connectivity index (χ2n) is 6.10. The number of halogens is 6. The summed E-state index contributed by atoms with van der Waals surface area (Å²) < 4.78 is 92.0. The number of hydrogen-bond donors (Lipinski definition) is 2. The smallest absolute Gasteiger partial charge is 0.454 e. The van der Waals surface area contributed by atoms with Crippen molar-refractivity contribution >= 4 is 5.91 Å². The number of quaternary nitrogens is 1. The van der Waals surface area contributed by atoms with E-state index in [-0.39, 0.29) is 23.4 Å². The van der Waals surface area contributed by atoms with Gasteiger partial charge in [-0.15, -0.1) is 0 Å². The van der Waals surface area contributed by atoms with Crippen LogP contribution in [0.4, 0.5) is 26.3 Å². The third-order valence-electron chi connectivity index (χ3n) is 4.21. The summed E-state index contributed by atoms with van der Waals surface area (Å²) in [7, 11) is 0. The monoisotopic (exact) mass is 422 g/mol. The van der Waals surface area contributed by atoms with Gasteiger partial charge in [-0.1, -0.05) is 0 Å². The largest absolute Gasteiger partial charge is 0.475 e. The van der Waals surface area contributed by atoms with Crippen LogP contribution in [-0.2, 0) is 6.54 Å². The van der Waals surface area contributed by atoms with Gasteiger partial charge in [0.25, 0.3) is 5.91 Å². The van der Waals surface area contributed by atoms with Crippen molar-refractivity contribution in [2.45, 2.75) is 24.6 Å². The molecule has 12 heteroatoms. The molecule has 0 aliphatic carbocycles. The highest BCUT2D eigenvalue weighted by atomic mass is 19.4. The van der Waals surface area contributed by atoms with Gasteiger partial charge >= 0.3 is 18.0 Å². The number of aromatic nitrogens is 1. The van der Waals surface area contributed by atoms with Gasteiger partial charge in [0.15, 0.2) is 11.5 Å². The molecule has 29 heavy (non-hydrogen) atoms. The van der Waals surface area contributed by atoms with Crippen LogP contribution in [0, 0.1) is 0 Å². The van der Waals surface area contributed by atoms with Gasteiger partial charge in [-0.2, -0.15) is 26.3 Å². The van der Waals surface area contributed by atoms with Crippen LogP contribution in [0.3, 0.4) is 0 Å². The summed E-state index contributed by atoms with van der Waals surface area (Å²) in [6, 6.07) is 6.23. The van der Waals surface area contributed by atoms with Gasteiger partial charge in [0.05, 0.1) is 5.56 Å². The Hall–Kier alpha value is -3.02. The second kappa shape index (κ2) is 7.43. The number of alkyl halides is 6. The minimum atomic E-state index is -5.85. The molecular formula is C17H14F6N3O3+. The van der Waals surface area contributed by atoms with Gasteiger partial charge in [0.2, 0.25) is 6.79 Å². The van der Waals surface area contributed by atoms with E-state index in [1.807, 2.05) is 0 Å². The molecule has 0 saturated carbocycles. The Kier molecular flexibility index (Phi) is 5.30. The van der Waals surface area contributed by atoms with E-state index >= 15 is 0 Å². The van der Waals surface area contributed by atoms with Gasteiger partial charge in [0, 0.05) is 18.0 Å². The number of ether oxygens (including phenoxy) is 2. The van der Waals surface area contributed by atoms with Crippen LogP contribution in [0.15, 0.2) is 42.7 Å². The maximum absolute atomic E-state index is 13.6. The Morgan fingerprint density at radius 1 is 1.07 bits per heavy atom. The maximum atomic E-state index is 13.6. The first-order chi connectivity index (χ1) is 13.5. The fraction of sp³-hybridized carbons (Fsp3) is 0.294. The first-order valence-corrected chi connectivity index (χ1v) is 8.12. The summed E-state index contributed by atoms with van der Waals surface area (Å²) in [4.78, 5) is 15.6. The van der Waals surface area contributed by atoms with Crippen molar-refractivity contribution < 1.29 is 45.9 Å². The molecule has 1 aliphatic rings. The summed E-state index contributed by atoms with van der Waals surface area (Å²) in [6.45, 7) is -0.846. The van der Waals surface area contributed by atoms with E-state index in [2.05, 4.69) is 4.98 Å². The zero-order valence-corrected chi connectivity index (χ0v) is 14.5. The van der Waals surface area contributed by atoms with Gasteiger partial charge < -0.3 is 14.8 Å². The Balaban J connectivity index is 1.91. The number of amides is 1. The topological polar surface area (TPSA) is 77.1 Å². The number of carbonyl (C=O) groups excluding carboxylic acids is 1. The highest BCUT2D eigenvalue weighted by molar-refractivity contribution is 5.94. The third-order valence-corrected chi connectivity index (χ3v) is 4.21. The highest BCUT2D eigenvalue weighted by Gasteiger charge is 2.76. The number of rotatable bonds is 5. The summed E-state index contributed by atoms with van der Waals surface area (Å²) in [6.07, 6.45) is -9.60. The maximum Gasteiger partial charge on any atom is 0.475 e. The number of fused-ring (bicyclic) bond motifs is 1. The molecule has 1 aliphatic heterocycles. The number of pyridine rings is 1. The Morgan fingerprint density at radius 3 is 2.38 bits per heavy atom. The van der Waals surface area contributed by atoms with Gasteiger partial charge in [-0.3, -0.25) is 15.1 Å². The normalized spacial score (nSPS) is 14.0. The molecule has 1 aromatic carbocycles. The fourth-order valence-corrected chi connectivity index (χ4v) is 2.67. The minimum absolute atomic E-state index is 0.0151. The molecule has 2 aromatic rings. The molecule has 0 unspecified atom stereocenters. The van der Waals surface area contributed by atoms with Crippen molar-refractivity contribution in [1.29, 1.82) is 0 Å². The lowest BCUT2D eigenvalue weighted by Crippen LogP contribution is -3.07. The molecule has 3 N–H and O–H groups in total. The SMILES string of the molecule is O=C(NC([NH2+]Cc1ccc2c(c1)OCO2)(C(F)(F)F)C(F)(F)F)c1cccnc1. The molecule has 0 radical (unpaired) electrons. The van der Waals surface area contributed by atoms with Crippen LogP contribution in [0.2, 0.25) is 0 Å². The van der Waals surface area contributed by atoms with Crippen molar-refractivity contribution in [3.05, 3.63) is 53.9 Å². The zero-order chi connectivity index (χ0) is 21.3. The van der Waals surface area contributed by atoms with Crippen molar-refractivity contribution in [3.63, 3.8) is 0 Å². The summed E-state index contributed by atoms with van der Waals surface area (Å²) in [5.41, 5.74) is -4.90. The molecule has 156 valence electrons. The molecule has 1 amide bonds. The quantitative estimate of drug-likeness (QED) is 0.572. The van der Waals surface area contributed by atoms with Crippen molar-refractivity contribution in [3.8, 4) is 11.5 Å². The second-order valence-corrected chi connectivity index (χ2v) is 6.10. The van der Waals surface area contributed by atoms with Gasteiger partial charge in [-0.05, 0) is 30.3 Å². The van der Waals surface area contributed by atoms with E-state index in [9.17, 15) is 31.1 Å². The number of nitrogens with one attached hydrogen (secondary N) is 1. The van der Waals surface area contributed by atoms with Crippen molar-refractivity contribution in [2.24, 2.45) is 0 Å². The summed E-state index contributed by atoms with van der Waals surface area (Å²) in [5, 5.41) is 1.09.